The van der Waals surface area contributed by atoms with Crippen molar-refractivity contribution >= 4 is 0 Å². The van der Waals surface area contributed by atoms with Crippen LogP contribution in [0.4, 0.5) is 0 Å². The van der Waals surface area contributed by atoms with Gasteiger partial charge in [-0.1, -0.05) is 13.0 Å². The van der Waals surface area contributed by atoms with Crippen molar-refractivity contribution in [3.63, 3.8) is 0 Å². The molecule has 0 bridgehead atoms. The van der Waals surface area contributed by atoms with E-state index in [0.717, 1.165) is 17.8 Å². The fourth-order valence-electron chi connectivity index (χ4n) is 1.25. The molecule has 2 N–H and O–H groups in total. The van der Waals surface area contributed by atoms with Gasteiger partial charge in [0.2, 0.25) is 0 Å². The Morgan fingerprint density at radius 2 is 2.20 bits per heavy atom. The van der Waals surface area contributed by atoms with Crippen LogP contribution < -0.4 is 5.73 Å². The largest absolute Gasteiger partial charge is 0.498 e. The first-order valence-electron chi connectivity index (χ1n) is 5.29. The van der Waals surface area contributed by atoms with Crippen molar-refractivity contribution in [1.82, 2.24) is 0 Å². The van der Waals surface area contributed by atoms with E-state index in [2.05, 4.69) is 6.92 Å². The molecule has 1 heterocycles. The zero-order chi connectivity index (χ0) is 11.1. The summed E-state index contributed by atoms with van der Waals surface area (Å²) in [4.78, 5) is 0. The molecule has 0 aromatic heterocycles. The second-order valence-corrected chi connectivity index (χ2v) is 3.48. The van der Waals surface area contributed by atoms with Gasteiger partial charge in [-0.05, 0) is 31.1 Å². The number of hydrogen-bond acceptors (Lipinski definition) is 3. The fourth-order valence-corrected chi connectivity index (χ4v) is 1.25. The van der Waals surface area contributed by atoms with Gasteiger partial charge in [-0.15, -0.1) is 0 Å². The summed E-state index contributed by atoms with van der Waals surface area (Å²) in [7, 11) is 0. The number of ether oxygens (including phenoxy) is 2. The first kappa shape index (κ1) is 11.9. The molecule has 1 rings (SSSR count). The highest BCUT2D eigenvalue weighted by Gasteiger charge is 2.03. The molecule has 1 aliphatic heterocycles. The van der Waals surface area contributed by atoms with Crippen molar-refractivity contribution in [2.45, 2.75) is 26.3 Å². The van der Waals surface area contributed by atoms with E-state index in [9.17, 15) is 0 Å². The van der Waals surface area contributed by atoms with Crippen LogP contribution in [0.25, 0.3) is 0 Å². The third-order valence-electron chi connectivity index (χ3n) is 2.27. The molecule has 15 heavy (non-hydrogen) atoms. The van der Waals surface area contributed by atoms with E-state index in [1.807, 2.05) is 25.2 Å². The lowest BCUT2D eigenvalue weighted by Crippen LogP contribution is -2.20. The van der Waals surface area contributed by atoms with Gasteiger partial charge < -0.3 is 15.2 Å². The number of rotatable bonds is 2. The molecule has 3 nitrogen and oxygen atoms in total. The average molecular weight is 209 g/mol. The van der Waals surface area contributed by atoms with Crippen molar-refractivity contribution < 1.29 is 9.47 Å². The van der Waals surface area contributed by atoms with Gasteiger partial charge in [-0.3, -0.25) is 0 Å². The van der Waals surface area contributed by atoms with E-state index in [1.165, 1.54) is 0 Å². The van der Waals surface area contributed by atoms with Crippen LogP contribution in [0, 0.1) is 0 Å². The number of nitrogens with two attached hydrogens (primary N) is 1. The second-order valence-electron chi connectivity index (χ2n) is 3.48. The molecule has 0 radical (unpaired) electrons. The average Bonchev–Trinajstić information content (AvgIpc) is 2.26. The lowest BCUT2D eigenvalue weighted by molar-refractivity contribution is 0.132. The molecule has 0 aromatic rings. The lowest BCUT2D eigenvalue weighted by Gasteiger charge is -2.12. The van der Waals surface area contributed by atoms with Gasteiger partial charge in [0.15, 0.2) is 0 Å². The molecular formula is C12H19NO2. The molecular weight excluding hydrogens is 190 g/mol. The minimum absolute atomic E-state index is 0.0494. The van der Waals surface area contributed by atoms with E-state index in [4.69, 9.17) is 15.2 Å². The van der Waals surface area contributed by atoms with Crippen LogP contribution in [-0.2, 0) is 9.47 Å². The maximum atomic E-state index is 5.96. The Labute approximate surface area is 91.2 Å². The maximum Gasteiger partial charge on any atom is 0.122 e. The zero-order valence-corrected chi connectivity index (χ0v) is 9.40. The Morgan fingerprint density at radius 3 is 2.93 bits per heavy atom. The lowest BCUT2D eigenvalue weighted by atomic mass is 10.1. The number of allylic oxidation sites excluding steroid dienone is 3. The van der Waals surface area contributed by atoms with Gasteiger partial charge in [0.1, 0.15) is 13.2 Å². The molecule has 0 aliphatic carbocycles. The summed E-state index contributed by atoms with van der Waals surface area (Å²) in [5, 5.41) is 0. The standard InChI is InChI=1S/C12H19NO2/c1-3-12(13)11-5-4-10(2)15-9-8-14-7-6-11/h4-7,12H,3,8-9,13H2,1-2H3/b7-6+,10-4+,11-5+. The van der Waals surface area contributed by atoms with Crippen molar-refractivity contribution in [3.8, 4) is 0 Å². The Balaban J connectivity index is 2.81. The van der Waals surface area contributed by atoms with E-state index in [0.29, 0.717) is 13.2 Å². The van der Waals surface area contributed by atoms with Crippen molar-refractivity contribution in [1.29, 1.82) is 0 Å². The molecule has 0 saturated heterocycles. The molecule has 0 spiro atoms. The monoisotopic (exact) mass is 209 g/mol. The Morgan fingerprint density at radius 1 is 1.40 bits per heavy atom. The third-order valence-corrected chi connectivity index (χ3v) is 2.27. The molecule has 0 amide bonds. The van der Waals surface area contributed by atoms with Gasteiger partial charge in [-0.2, -0.15) is 0 Å². The van der Waals surface area contributed by atoms with Crippen LogP contribution >= 0.6 is 0 Å². The molecule has 3 heteroatoms. The zero-order valence-electron chi connectivity index (χ0n) is 9.40. The summed E-state index contributed by atoms with van der Waals surface area (Å²) in [5.41, 5.74) is 7.02. The quantitative estimate of drug-likeness (QED) is 0.757. The minimum atomic E-state index is 0.0494. The second kappa shape index (κ2) is 6.30. The van der Waals surface area contributed by atoms with E-state index >= 15 is 0 Å². The van der Waals surface area contributed by atoms with Crippen LogP contribution in [0.3, 0.4) is 0 Å². The maximum absolute atomic E-state index is 5.96. The third kappa shape index (κ3) is 4.21. The molecule has 0 saturated carbocycles. The van der Waals surface area contributed by atoms with Gasteiger partial charge in [0.05, 0.1) is 12.0 Å². The van der Waals surface area contributed by atoms with Crippen LogP contribution in [0.2, 0.25) is 0 Å². The molecule has 84 valence electrons. The van der Waals surface area contributed by atoms with Gasteiger partial charge in [0, 0.05) is 6.04 Å². The van der Waals surface area contributed by atoms with E-state index in [1.54, 1.807) is 6.26 Å². The fraction of sp³-hybridized carbons (Fsp3) is 0.500. The van der Waals surface area contributed by atoms with Crippen LogP contribution in [0.5, 0.6) is 0 Å². The van der Waals surface area contributed by atoms with Crippen LogP contribution in [-0.4, -0.2) is 19.3 Å². The molecule has 0 fully saturated rings. The molecule has 0 aromatic carbocycles. The first-order valence-corrected chi connectivity index (χ1v) is 5.29. The normalized spacial score (nSPS) is 28.5. The van der Waals surface area contributed by atoms with Gasteiger partial charge >= 0.3 is 0 Å². The van der Waals surface area contributed by atoms with Crippen molar-refractivity contribution in [2.24, 2.45) is 5.73 Å². The van der Waals surface area contributed by atoms with Crippen LogP contribution in [0.15, 0.2) is 35.8 Å². The Hall–Kier alpha value is -1.22. The number of hydrogen-bond donors (Lipinski definition) is 1. The Kier molecular flexibility index (Phi) is 4.98. The summed E-state index contributed by atoms with van der Waals surface area (Å²) in [6.45, 7) is 5.13. The highest BCUT2D eigenvalue weighted by atomic mass is 16.5. The van der Waals surface area contributed by atoms with Gasteiger partial charge in [-0.25, -0.2) is 0 Å². The first-order chi connectivity index (χ1) is 7.24. The SMILES string of the molecule is CCC(N)C1=C/C=C(\C)OCCO\C=C\1. The summed E-state index contributed by atoms with van der Waals surface area (Å²) < 4.78 is 10.7. The van der Waals surface area contributed by atoms with Crippen LogP contribution in [0.1, 0.15) is 20.3 Å². The predicted molar refractivity (Wildman–Crippen MR) is 61.2 cm³/mol. The molecule has 1 aliphatic rings. The van der Waals surface area contributed by atoms with E-state index in [-0.39, 0.29) is 6.04 Å². The summed E-state index contributed by atoms with van der Waals surface area (Å²) in [6.07, 6.45) is 8.43. The molecule has 1 atom stereocenters. The molecule has 1 unspecified atom stereocenters. The van der Waals surface area contributed by atoms with Gasteiger partial charge in [0.25, 0.3) is 0 Å². The minimum Gasteiger partial charge on any atom is -0.498 e. The van der Waals surface area contributed by atoms with Crippen molar-refractivity contribution in [2.75, 3.05) is 13.2 Å². The Bertz CT molecular complexity index is 279. The summed E-state index contributed by atoms with van der Waals surface area (Å²) in [5.74, 6) is 0.884. The van der Waals surface area contributed by atoms with Crippen molar-refractivity contribution in [3.05, 3.63) is 35.8 Å². The predicted octanol–water partition coefficient (Wildman–Crippen LogP) is 2.11. The summed E-state index contributed by atoms with van der Waals surface area (Å²) >= 11 is 0. The smallest absolute Gasteiger partial charge is 0.122 e. The highest BCUT2D eigenvalue weighted by molar-refractivity contribution is 5.28. The highest BCUT2D eigenvalue weighted by Crippen LogP contribution is 2.09. The summed E-state index contributed by atoms with van der Waals surface area (Å²) in [6, 6.07) is 0.0494. The van der Waals surface area contributed by atoms with E-state index < -0.39 is 0 Å². The topological polar surface area (TPSA) is 44.5 Å².